The van der Waals surface area contributed by atoms with E-state index in [1.165, 1.54) is 24.2 Å². The van der Waals surface area contributed by atoms with Gasteiger partial charge in [0.05, 0.1) is 5.02 Å². The molecule has 0 amide bonds. The van der Waals surface area contributed by atoms with Gasteiger partial charge in [0.2, 0.25) is 0 Å². The molecule has 1 aromatic rings. The number of aromatic nitrogens is 1. The molecule has 0 fully saturated rings. The second-order valence-electron chi connectivity index (χ2n) is 4.54. The second-order valence-corrected chi connectivity index (χ2v) is 6.56. The van der Waals surface area contributed by atoms with Crippen molar-refractivity contribution in [2.45, 2.75) is 31.7 Å². The molecule has 0 aromatic carbocycles. The summed E-state index contributed by atoms with van der Waals surface area (Å²) in [6, 6.07) is 1.20. The topological polar surface area (TPSA) is 25.2 Å². The maximum absolute atomic E-state index is 12.4. The van der Waals surface area contributed by atoms with E-state index in [1.54, 1.807) is 0 Å². The molecule has 0 atom stereocenters. The van der Waals surface area contributed by atoms with Crippen molar-refractivity contribution < 1.29 is 13.2 Å². The maximum atomic E-state index is 12.4. The van der Waals surface area contributed by atoms with Gasteiger partial charge in [-0.05, 0) is 38.8 Å². The number of hydrogen-bond donors (Lipinski definition) is 0. The van der Waals surface area contributed by atoms with E-state index in [1.807, 2.05) is 20.8 Å². The molecule has 0 aliphatic rings. The fourth-order valence-corrected chi connectivity index (χ4v) is 1.75. The molecule has 1 rings (SSSR count). The highest BCUT2D eigenvalue weighted by atomic mass is 35.5. The predicted octanol–water partition coefficient (Wildman–Crippen LogP) is 4.62. The summed E-state index contributed by atoms with van der Waals surface area (Å²) in [7, 11) is 0. The largest absolute Gasteiger partial charge is 0.434 e. The molecule has 18 heavy (non-hydrogen) atoms. The maximum Gasteiger partial charge on any atom is 0.434 e. The summed E-state index contributed by atoms with van der Waals surface area (Å²) < 4.78 is 41.2. The number of pyridine rings is 1. The minimum absolute atomic E-state index is 0.0559. The van der Waals surface area contributed by atoms with Crippen LogP contribution in [0.1, 0.15) is 32.0 Å². The van der Waals surface area contributed by atoms with Crippen LogP contribution in [0.25, 0.3) is 0 Å². The Morgan fingerprint density at radius 3 is 2.39 bits per heavy atom. The predicted molar refractivity (Wildman–Crippen MR) is 69.2 cm³/mol. The van der Waals surface area contributed by atoms with Gasteiger partial charge in [-0.3, -0.25) is 0 Å². The molecule has 0 aliphatic heterocycles. The Morgan fingerprint density at radius 2 is 1.94 bits per heavy atom. The van der Waals surface area contributed by atoms with Gasteiger partial charge in [-0.25, -0.2) is 9.38 Å². The van der Waals surface area contributed by atoms with Gasteiger partial charge in [-0.15, -0.1) is 0 Å². The molecule has 0 unspecified atom stereocenters. The summed E-state index contributed by atoms with van der Waals surface area (Å²) in [4.78, 5) is 3.31. The van der Waals surface area contributed by atoms with Crippen molar-refractivity contribution in [2.75, 3.05) is 0 Å². The zero-order valence-corrected chi connectivity index (χ0v) is 11.6. The van der Waals surface area contributed by atoms with E-state index in [0.717, 1.165) is 6.20 Å². The molecular weight excluding hydrogens is 285 g/mol. The van der Waals surface area contributed by atoms with Crippen LogP contribution in [-0.2, 0) is 6.18 Å². The molecule has 0 bridgehead atoms. The lowest BCUT2D eigenvalue weighted by atomic mass is 10.2. The first-order valence-electron chi connectivity index (χ1n) is 5.04. The average molecular weight is 297 g/mol. The van der Waals surface area contributed by atoms with Crippen molar-refractivity contribution in [1.29, 1.82) is 0 Å². The fourth-order valence-electron chi connectivity index (χ4n) is 0.977. The zero-order valence-electron chi connectivity index (χ0n) is 10.0. The van der Waals surface area contributed by atoms with Crippen LogP contribution in [0.15, 0.2) is 16.7 Å². The van der Waals surface area contributed by atoms with Gasteiger partial charge < -0.3 is 0 Å². The van der Waals surface area contributed by atoms with Crippen molar-refractivity contribution in [3.8, 4) is 0 Å². The van der Waals surface area contributed by atoms with Crippen LogP contribution < -0.4 is 0 Å². The molecule has 0 N–H and O–H groups in total. The van der Waals surface area contributed by atoms with E-state index in [9.17, 15) is 13.2 Å². The molecule has 0 saturated heterocycles. The molecule has 2 nitrogen and oxygen atoms in total. The quantitative estimate of drug-likeness (QED) is 0.588. The summed E-state index contributed by atoms with van der Waals surface area (Å²) in [6.07, 6.45) is -2.00. The second kappa shape index (κ2) is 5.48. The fraction of sp³-hybridized carbons (Fsp3) is 0.455. The molecule has 0 saturated carbocycles. The first-order valence-corrected chi connectivity index (χ1v) is 6.19. The standard InChI is InChI=1S/C11H12ClF3N2S/c1-10(2,3)18-17-6-7-4-8(12)9(16-5-7)11(13,14)15/h4-6H,1-3H3. The first-order chi connectivity index (χ1) is 8.09. The van der Waals surface area contributed by atoms with Gasteiger partial charge in [0.15, 0.2) is 5.69 Å². The molecule has 1 heterocycles. The van der Waals surface area contributed by atoms with E-state index < -0.39 is 16.9 Å². The summed E-state index contributed by atoms with van der Waals surface area (Å²) in [5.74, 6) is 0. The summed E-state index contributed by atoms with van der Waals surface area (Å²) in [5.41, 5.74) is -0.644. The lowest BCUT2D eigenvalue weighted by Gasteiger charge is -2.12. The molecule has 7 heteroatoms. The number of rotatable bonds is 2. The lowest BCUT2D eigenvalue weighted by molar-refractivity contribution is -0.141. The van der Waals surface area contributed by atoms with Gasteiger partial charge >= 0.3 is 6.18 Å². The van der Waals surface area contributed by atoms with Crippen LogP contribution in [0, 0.1) is 0 Å². The molecule has 1 aromatic heterocycles. The average Bonchev–Trinajstić information content (AvgIpc) is 2.13. The number of nitrogens with zero attached hydrogens (tertiary/aromatic N) is 2. The van der Waals surface area contributed by atoms with Crippen molar-refractivity contribution in [2.24, 2.45) is 4.40 Å². The Morgan fingerprint density at radius 1 is 1.33 bits per heavy atom. The van der Waals surface area contributed by atoms with Crippen molar-refractivity contribution in [1.82, 2.24) is 4.98 Å². The summed E-state index contributed by atoms with van der Waals surface area (Å²) in [6.45, 7) is 5.94. The van der Waals surface area contributed by atoms with Crippen LogP contribution in [0.3, 0.4) is 0 Å². The van der Waals surface area contributed by atoms with Gasteiger partial charge in [0, 0.05) is 22.7 Å². The van der Waals surface area contributed by atoms with Gasteiger partial charge in [-0.1, -0.05) is 11.6 Å². The molecule has 0 radical (unpaired) electrons. The van der Waals surface area contributed by atoms with Crippen LogP contribution in [-0.4, -0.2) is 15.9 Å². The highest BCUT2D eigenvalue weighted by molar-refractivity contribution is 7.99. The number of hydrogen-bond acceptors (Lipinski definition) is 3. The third kappa shape index (κ3) is 4.86. The van der Waals surface area contributed by atoms with Gasteiger partial charge in [0.1, 0.15) is 0 Å². The summed E-state index contributed by atoms with van der Waals surface area (Å²) in [5, 5.41) is -0.424. The highest BCUT2D eigenvalue weighted by Gasteiger charge is 2.35. The SMILES string of the molecule is CC(C)(C)SN=Cc1cnc(C(F)(F)F)c(Cl)c1. The Hall–Kier alpha value is -0.750. The van der Waals surface area contributed by atoms with Crippen LogP contribution in [0.4, 0.5) is 13.2 Å². The monoisotopic (exact) mass is 296 g/mol. The molecule has 0 spiro atoms. The smallest absolute Gasteiger partial charge is 0.250 e. The third-order valence-electron chi connectivity index (χ3n) is 1.66. The Kier molecular flexibility index (Phi) is 4.66. The van der Waals surface area contributed by atoms with Gasteiger partial charge in [-0.2, -0.15) is 13.2 Å². The first kappa shape index (κ1) is 15.3. The van der Waals surface area contributed by atoms with Crippen molar-refractivity contribution in [3.05, 3.63) is 28.5 Å². The van der Waals surface area contributed by atoms with Crippen LogP contribution >= 0.6 is 23.5 Å². The van der Waals surface area contributed by atoms with Crippen LogP contribution in [0.5, 0.6) is 0 Å². The third-order valence-corrected chi connectivity index (χ3v) is 2.71. The Labute approximate surface area is 113 Å². The Bertz CT molecular complexity index is 453. The van der Waals surface area contributed by atoms with Crippen molar-refractivity contribution in [3.63, 3.8) is 0 Å². The highest BCUT2D eigenvalue weighted by Crippen LogP contribution is 2.33. The zero-order chi connectivity index (χ0) is 14.0. The number of halogens is 4. The van der Waals surface area contributed by atoms with E-state index in [2.05, 4.69) is 9.38 Å². The van der Waals surface area contributed by atoms with E-state index in [0.29, 0.717) is 5.56 Å². The van der Waals surface area contributed by atoms with E-state index in [-0.39, 0.29) is 4.75 Å². The van der Waals surface area contributed by atoms with Gasteiger partial charge in [0.25, 0.3) is 0 Å². The summed E-state index contributed by atoms with van der Waals surface area (Å²) >= 11 is 6.85. The minimum Gasteiger partial charge on any atom is -0.250 e. The normalized spacial score (nSPS) is 13.3. The molecule has 100 valence electrons. The Balaban J connectivity index is 2.86. The molecule has 0 aliphatic carbocycles. The lowest BCUT2D eigenvalue weighted by Crippen LogP contribution is -2.09. The van der Waals surface area contributed by atoms with Crippen LogP contribution in [0.2, 0.25) is 5.02 Å². The minimum atomic E-state index is -4.53. The number of alkyl halides is 3. The van der Waals surface area contributed by atoms with Crippen molar-refractivity contribution >= 4 is 29.8 Å². The molecular formula is C11H12ClF3N2S. The van der Waals surface area contributed by atoms with E-state index in [4.69, 9.17) is 11.6 Å². The van der Waals surface area contributed by atoms with E-state index >= 15 is 0 Å².